The van der Waals surface area contributed by atoms with Crippen molar-refractivity contribution in [1.82, 2.24) is 15.2 Å². The van der Waals surface area contributed by atoms with Crippen LogP contribution >= 0.6 is 39.1 Å². The van der Waals surface area contributed by atoms with E-state index in [1.807, 2.05) is 0 Å². The quantitative estimate of drug-likeness (QED) is 0.331. The monoisotopic (exact) mass is 591 g/mol. The summed E-state index contributed by atoms with van der Waals surface area (Å²) in [5.41, 5.74) is -0.504. The Balaban J connectivity index is 1.69. The summed E-state index contributed by atoms with van der Waals surface area (Å²) < 4.78 is 22.6. The minimum absolute atomic E-state index is 0.0430. The molecule has 1 fully saturated rings. The first-order valence-electron chi connectivity index (χ1n) is 11.3. The van der Waals surface area contributed by atoms with Crippen LogP contribution in [0.2, 0.25) is 10.0 Å². The Bertz CT molecular complexity index is 1340. The summed E-state index contributed by atoms with van der Waals surface area (Å²) in [5.74, 6) is -1.26. The molecular formula is C26H21BrCl2FN3O3. The van der Waals surface area contributed by atoms with Crippen LogP contribution in [0.1, 0.15) is 53.0 Å². The third kappa shape index (κ3) is 4.41. The standard InChI is InChI=1S/C26H21BrCl2FN3O3/c1-14(22-9-8-19(29)12-31-22)33-25(35)20-10-17(27)11-21(30)23(20)26(33,16-4-6-18(28)7-5-16)36-13-32-24(34)15-2-3-15/h4-12,14-15H,2-3,13H2,1H3,(H,32,34)/t14?,26-/m1/s1. The summed E-state index contributed by atoms with van der Waals surface area (Å²) in [4.78, 5) is 32.2. The van der Waals surface area contributed by atoms with Crippen molar-refractivity contribution in [3.05, 3.63) is 97.4 Å². The van der Waals surface area contributed by atoms with Crippen LogP contribution in [-0.4, -0.2) is 28.4 Å². The van der Waals surface area contributed by atoms with Crippen molar-refractivity contribution >= 4 is 50.9 Å². The minimum Gasteiger partial charge on any atom is -0.333 e. The number of ether oxygens (including phenoxy) is 1. The summed E-state index contributed by atoms with van der Waals surface area (Å²) >= 11 is 15.5. The molecule has 3 aromatic rings. The number of halogens is 4. The third-order valence-corrected chi connectivity index (χ3v) is 7.39. The van der Waals surface area contributed by atoms with Crippen LogP contribution in [0.4, 0.5) is 4.39 Å². The summed E-state index contributed by atoms with van der Waals surface area (Å²) in [5, 5.41) is 3.68. The number of hydrogen-bond donors (Lipinski definition) is 1. The predicted octanol–water partition coefficient (Wildman–Crippen LogP) is 6.21. The van der Waals surface area contributed by atoms with Gasteiger partial charge in [0.05, 0.1) is 27.9 Å². The molecule has 2 aliphatic rings. The normalized spacial score (nSPS) is 19.8. The van der Waals surface area contributed by atoms with Gasteiger partial charge < -0.3 is 10.1 Å². The number of carbonyl (C=O) groups excluding carboxylic acids is 2. The van der Waals surface area contributed by atoms with E-state index >= 15 is 4.39 Å². The maximum Gasteiger partial charge on any atom is 0.257 e. The fraction of sp³-hybridized carbons (Fsp3) is 0.269. The molecule has 10 heteroatoms. The molecule has 36 heavy (non-hydrogen) atoms. The van der Waals surface area contributed by atoms with E-state index in [4.69, 9.17) is 27.9 Å². The van der Waals surface area contributed by atoms with Gasteiger partial charge in [-0.15, -0.1) is 0 Å². The summed E-state index contributed by atoms with van der Waals surface area (Å²) in [6, 6.07) is 12.2. The lowest BCUT2D eigenvalue weighted by molar-refractivity contribution is -0.141. The van der Waals surface area contributed by atoms with Crippen molar-refractivity contribution in [2.45, 2.75) is 31.5 Å². The zero-order valence-corrected chi connectivity index (χ0v) is 22.2. The number of nitrogens with one attached hydrogen (secondary N) is 1. The average Bonchev–Trinajstić information content (AvgIpc) is 3.66. The molecule has 0 saturated heterocycles. The molecule has 1 unspecified atom stereocenters. The van der Waals surface area contributed by atoms with Crippen LogP contribution < -0.4 is 5.32 Å². The Morgan fingerprint density at radius 1 is 1.22 bits per heavy atom. The van der Waals surface area contributed by atoms with Crippen molar-refractivity contribution in [3.8, 4) is 0 Å². The van der Waals surface area contributed by atoms with Crippen LogP contribution in [0.15, 0.2) is 59.2 Å². The average molecular weight is 593 g/mol. The summed E-state index contributed by atoms with van der Waals surface area (Å²) in [7, 11) is 0. The van der Waals surface area contributed by atoms with E-state index in [-0.39, 0.29) is 29.7 Å². The smallest absolute Gasteiger partial charge is 0.257 e. The van der Waals surface area contributed by atoms with Crippen molar-refractivity contribution in [3.63, 3.8) is 0 Å². The largest absolute Gasteiger partial charge is 0.333 e. The Labute approximate surface area is 225 Å². The highest BCUT2D eigenvalue weighted by molar-refractivity contribution is 9.10. The lowest BCUT2D eigenvalue weighted by atomic mass is 9.92. The van der Waals surface area contributed by atoms with Crippen molar-refractivity contribution in [2.24, 2.45) is 5.92 Å². The van der Waals surface area contributed by atoms with Gasteiger partial charge in [-0.05, 0) is 56.2 Å². The fourth-order valence-corrected chi connectivity index (χ4v) is 5.25. The molecule has 1 N–H and O–H groups in total. The van der Waals surface area contributed by atoms with Crippen LogP contribution in [-0.2, 0) is 15.3 Å². The maximum absolute atomic E-state index is 15.8. The molecule has 6 nitrogen and oxygen atoms in total. The molecule has 0 spiro atoms. The van der Waals surface area contributed by atoms with Crippen LogP contribution in [0.5, 0.6) is 0 Å². The lowest BCUT2D eigenvalue weighted by Gasteiger charge is -2.42. The van der Waals surface area contributed by atoms with Crippen LogP contribution in [0, 0.1) is 11.7 Å². The van der Waals surface area contributed by atoms with Crippen LogP contribution in [0.3, 0.4) is 0 Å². The first-order chi connectivity index (χ1) is 17.2. The van der Waals surface area contributed by atoms with Gasteiger partial charge in [-0.2, -0.15) is 0 Å². The van der Waals surface area contributed by atoms with Gasteiger partial charge in [-0.1, -0.05) is 51.3 Å². The number of hydrogen-bond acceptors (Lipinski definition) is 4. The first-order valence-corrected chi connectivity index (χ1v) is 12.9. The SMILES string of the molecule is CC(c1ccc(Cl)cn1)N1C(=O)c2cc(Br)cc(F)c2[C@]1(OCNC(=O)C1CC1)c1ccc(Cl)cc1. The van der Waals surface area contributed by atoms with E-state index in [2.05, 4.69) is 26.2 Å². The molecule has 1 aliphatic heterocycles. The predicted molar refractivity (Wildman–Crippen MR) is 137 cm³/mol. The number of benzene rings is 2. The second kappa shape index (κ2) is 9.74. The Morgan fingerprint density at radius 3 is 2.56 bits per heavy atom. The van der Waals surface area contributed by atoms with Gasteiger partial charge in [0.2, 0.25) is 11.6 Å². The van der Waals surface area contributed by atoms with Crippen molar-refractivity contribution < 1.29 is 18.7 Å². The third-order valence-electron chi connectivity index (χ3n) is 6.46. The Morgan fingerprint density at radius 2 is 1.92 bits per heavy atom. The molecule has 1 aliphatic carbocycles. The Kier molecular flexibility index (Phi) is 6.80. The molecule has 2 atom stereocenters. The fourth-order valence-electron chi connectivity index (χ4n) is 4.58. The molecule has 1 saturated carbocycles. The second-order valence-corrected chi connectivity index (χ2v) is 10.6. The molecule has 186 valence electrons. The molecular weight excluding hydrogens is 572 g/mol. The molecule has 0 bridgehead atoms. The van der Waals surface area contributed by atoms with E-state index in [9.17, 15) is 9.59 Å². The number of amides is 2. The van der Waals surface area contributed by atoms with Gasteiger partial charge in [0.1, 0.15) is 12.5 Å². The lowest BCUT2D eigenvalue weighted by Crippen LogP contribution is -2.50. The number of aromatic nitrogens is 1. The molecule has 1 aromatic heterocycles. The number of carbonyl (C=O) groups is 2. The molecule has 5 rings (SSSR count). The second-order valence-electron chi connectivity index (χ2n) is 8.82. The highest BCUT2D eigenvalue weighted by atomic mass is 79.9. The molecule has 2 heterocycles. The van der Waals surface area contributed by atoms with E-state index in [0.717, 1.165) is 12.8 Å². The van der Waals surface area contributed by atoms with Gasteiger partial charge in [0.15, 0.2) is 0 Å². The van der Waals surface area contributed by atoms with E-state index in [1.165, 1.54) is 17.2 Å². The van der Waals surface area contributed by atoms with Crippen molar-refractivity contribution in [1.29, 1.82) is 0 Å². The molecule has 2 amide bonds. The van der Waals surface area contributed by atoms with Gasteiger partial charge in [0.25, 0.3) is 5.91 Å². The van der Waals surface area contributed by atoms with Gasteiger partial charge in [-0.25, -0.2) is 4.39 Å². The number of nitrogens with zero attached hydrogens (tertiary/aromatic N) is 2. The van der Waals surface area contributed by atoms with Gasteiger partial charge in [-0.3, -0.25) is 19.5 Å². The van der Waals surface area contributed by atoms with Crippen LogP contribution in [0.25, 0.3) is 0 Å². The maximum atomic E-state index is 15.8. The highest BCUT2D eigenvalue weighted by Crippen LogP contribution is 2.50. The first kappa shape index (κ1) is 25.1. The Hall–Kier alpha value is -2.52. The van der Waals surface area contributed by atoms with Gasteiger partial charge >= 0.3 is 0 Å². The number of pyridine rings is 1. The molecule has 0 radical (unpaired) electrons. The topological polar surface area (TPSA) is 71.5 Å². The zero-order valence-electron chi connectivity index (χ0n) is 19.1. The van der Waals surface area contributed by atoms with Gasteiger partial charge in [0, 0.05) is 27.2 Å². The molecule has 2 aromatic carbocycles. The number of fused-ring (bicyclic) bond motifs is 1. The number of rotatable bonds is 7. The van der Waals surface area contributed by atoms with Crippen molar-refractivity contribution in [2.75, 3.05) is 6.73 Å². The van der Waals surface area contributed by atoms with E-state index < -0.39 is 23.5 Å². The minimum atomic E-state index is -1.71. The zero-order chi connectivity index (χ0) is 25.6. The van der Waals surface area contributed by atoms with E-state index in [0.29, 0.717) is 25.8 Å². The summed E-state index contributed by atoms with van der Waals surface area (Å²) in [6.07, 6.45) is 3.13. The highest BCUT2D eigenvalue weighted by Gasteiger charge is 2.56. The van der Waals surface area contributed by atoms with E-state index in [1.54, 1.807) is 49.4 Å². The summed E-state index contributed by atoms with van der Waals surface area (Å²) in [6.45, 7) is 1.54.